The Kier molecular flexibility index (Phi) is 4.78. The Morgan fingerprint density at radius 3 is 2.45 bits per heavy atom. The molecule has 2 bridgehead atoms. The summed E-state index contributed by atoms with van der Waals surface area (Å²) in [6, 6.07) is 10.4. The van der Waals surface area contributed by atoms with Crippen molar-refractivity contribution >= 4 is 5.91 Å². The van der Waals surface area contributed by atoms with Gasteiger partial charge >= 0.3 is 0 Å². The Labute approximate surface area is 179 Å². The molecule has 7 heteroatoms. The van der Waals surface area contributed by atoms with E-state index in [1.807, 2.05) is 6.07 Å². The number of hydrogen-bond donors (Lipinski definition) is 1. The Hall–Kier alpha value is -3.19. The highest BCUT2D eigenvalue weighted by Crippen LogP contribution is 2.47. The predicted molar refractivity (Wildman–Crippen MR) is 113 cm³/mol. The second kappa shape index (κ2) is 7.50. The van der Waals surface area contributed by atoms with Crippen LogP contribution >= 0.6 is 0 Å². The minimum absolute atomic E-state index is 0.230. The monoisotopic (exact) mass is 420 g/mol. The van der Waals surface area contributed by atoms with Crippen LogP contribution in [0.15, 0.2) is 48.8 Å². The van der Waals surface area contributed by atoms with Crippen molar-refractivity contribution in [2.24, 2.45) is 0 Å². The lowest BCUT2D eigenvalue weighted by Gasteiger charge is -2.39. The predicted octanol–water partition coefficient (Wildman–Crippen LogP) is 3.68. The first kappa shape index (κ1) is 19.8. The highest BCUT2D eigenvalue weighted by Gasteiger charge is 2.42. The summed E-state index contributed by atoms with van der Waals surface area (Å²) < 4.78 is 27.7. The fourth-order valence-corrected chi connectivity index (χ4v) is 4.91. The summed E-state index contributed by atoms with van der Waals surface area (Å²) in [7, 11) is 1.56. The molecule has 0 radical (unpaired) electrons. The van der Waals surface area contributed by atoms with E-state index >= 15 is 0 Å². The number of hydrogen-bond acceptors (Lipinski definition) is 4. The zero-order valence-electron chi connectivity index (χ0n) is 17.2. The van der Waals surface area contributed by atoms with E-state index in [0.29, 0.717) is 11.4 Å². The SMILES string of the molecule is CNC(=O)c1cnc(-c2ccc3c(c2)CN2CCC3(c3ccc(F)c(F)c3)CC2)nc1. The molecule has 1 fully saturated rings. The van der Waals surface area contributed by atoms with Gasteiger partial charge in [-0.2, -0.15) is 0 Å². The van der Waals surface area contributed by atoms with Crippen LogP contribution in [0.3, 0.4) is 0 Å². The number of fused-ring (bicyclic) bond motifs is 2. The van der Waals surface area contributed by atoms with E-state index in [1.165, 1.54) is 24.5 Å². The summed E-state index contributed by atoms with van der Waals surface area (Å²) >= 11 is 0. The summed E-state index contributed by atoms with van der Waals surface area (Å²) in [5, 5.41) is 2.56. The molecule has 0 aliphatic carbocycles. The molecule has 0 spiro atoms. The molecule has 3 aliphatic rings. The van der Waals surface area contributed by atoms with Gasteiger partial charge in [-0.1, -0.05) is 18.2 Å². The molecule has 0 saturated carbocycles. The summed E-state index contributed by atoms with van der Waals surface area (Å²) in [5.74, 6) is -1.31. The van der Waals surface area contributed by atoms with Gasteiger partial charge in [0.2, 0.25) is 0 Å². The summed E-state index contributed by atoms with van der Waals surface area (Å²) in [6.07, 6.45) is 4.76. The van der Waals surface area contributed by atoms with Crippen LogP contribution < -0.4 is 5.32 Å². The number of carbonyl (C=O) groups is 1. The van der Waals surface area contributed by atoms with Crippen LogP contribution in [-0.2, 0) is 12.0 Å². The zero-order valence-corrected chi connectivity index (χ0v) is 17.2. The highest BCUT2D eigenvalue weighted by atomic mass is 19.2. The van der Waals surface area contributed by atoms with Crippen LogP contribution in [0.25, 0.3) is 11.4 Å². The molecule has 4 heterocycles. The second-order valence-electron chi connectivity index (χ2n) is 8.23. The maximum atomic E-state index is 14.1. The van der Waals surface area contributed by atoms with Crippen molar-refractivity contribution < 1.29 is 13.6 Å². The number of halogens is 2. The largest absolute Gasteiger partial charge is 0.355 e. The number of benzene rings is 2. The van der Waals surface area contributed by atoms with Crippen molar-refractivity contribution in [2.75, 3.05) is 20.1 Å². The van der Waals surface area contributed by atoms with E-state index in [1.54, 1.807) is 13.1 Å². The number of piperidine rings is 1. The van der Waals surface area contributed by atoms with Gasteiger partial charge in [0.05, 0.1) is 5.56 Å². The molecular formula is C24H22F2N4O. The Morgan fingerprint density at radius 1 is 1.03 bits per heavy atom. The molecule has 3 aliphatic heterocycles. The van der Waals surface area contributed by atoms with Gasteiger partial charge in [-0.3, -0.25) is 9.69 Å². The van der Waals surface area contributed by atoms with E-state index < -0.39 is 11.6 Å². The molecule has 1 aromatic heterocycles. The fraction of sp³-hybridized carbons (Fsp3) is 0.292. The summed E-state index contributed by atoms with van der Waals surface area (Å²) in [4.78, 5) is 22.9. The smallest absolute Gasteiger partial charge is 0.254 e. The standard InChI is InChI=1S/C24H22F2N4O/c1-27-23(31)17-12-28-22(29-13-17)15-2-4-19-16(10-15)14-30-8-6-24(19,7-9-30)18-3-5-20(25)21(26)11-18/h2-5,10-13H,6-9,14H2,1H3,(H,27,31). The van der Waals surface area contributed by atoms with E-state index in [9.17, 15) is 13.6 Å². The first-order valence-electron chi connectivity index (χ1n) is 10.4. The average molecular weight is 420 g/mol. The molecule has 5 nitrogen and oxygen atoms in total. The number of rotatable bonds is 3. The van der Waals surface area contributed by atoms with E-state index in [-0.39, 0.29) is 11.3 Å². The number of carbonyl (C=O) groups excluding carboxylic acids is 1. The van der Waals surface area contributed by atoms with E-state index in [4.69, 9.17) is 0 Å². The molecule has 1 amide bonds. The third-order valence-corrected chi connectivity index (χ3v) is 6.60. The van der Waals surface area contributed by atoms with Crippen molar-refractivity contribution in [1.82, 2.24) is 20.2 Å². The molecular weight excluding hydrogens is 398 g/mol. The molecule has 1 saturated heterocycles. The van der Waals surface area contributed by atoms with E-state index in [0.717, 1.165) is 54.7 Å². The number of amides is 1. The van der Waals surface area contributed by atoms with Crippen molar-refractivity contribution in [3.63, 3.8) is 0 Å². The molecule has 3 aromatic rings. The minimum atomic E-state index is -0.820. The van der Waals surface area contributed by atoms with Crippen LogP contribution in [0.1, 0.15) is 39.9 Å². The molecule has 0 atom stereocenters. The average Bonchev–Trinajstić information content (AvgIpc) is 3.06. The second-order valence-corrected chi connectivity index (χ2v) is 8.23. The fourth-order valence-electron chi connectivity index (χ4n) is 4.91. The van der Waals surface area contributed by atoms with Crippen LogP contribution in [0, 0.1) is 11.6 Å². The van der Waals surface area contributed by atoms with Gasteiger partial charge in [0, 0.05) is 37.0 Å². The lowest BCUT2D eigenvalue weighted by Crippen LogP contribution is -2.39. The Balaban J connectivity index is 1.58. The van der Waals surface area contributed by atoms with Gasteiger partial charge in [0.15, 0.2) is 17.5 Å². The van der Waals surface area contributed by atoms with Crippen LogP contribution in [-0.4, -0.2) is 40.9 Å². The first-order chi connectivity index (χ1) is 15.0. The van der Waals surface area contributed by atoms with Crippen molar-refractivity contribution in [1.29, 1.82) is 0 Å². The van der Waals surface area contributed by atoms with Gasteiger partial charge in [0.1, 0.15) is 0 Å². The quantitative estimate of drug-likeness (QED) is 0.702. The van der Waals surface area contributed by atoms with Gasteiger partial charge in [0.25, 0.3) is 5.91 Å². The van der Waals surface area contributed by atoms with Gasteiger partial charge in [-0.25, -0.2) is 18.7 Å². The van der Waals surface area contributed by atoms with E-state index in [2.05, 4.69) is 32.3 Å². The highest BCUT2D eigenvalue weighted by molar-refractivity contribution is 5.93. The third-order valence-electron chi connectivity index (χ3n) is 6.60. The molecule has 31 heavy (non-hydrogen) atoms. The molecule has 1 N–H and O–H groups in total. The maximum Gasteiger partial charge on any atom is 0.254 e. The van der Waals surface area contributed by atoms with Crippen molar-refractivity contribution in [3.8, 4) is 11.4 Å². The Morgan fingerprint density at radius 2 is 1.77 bits per heavy atom. The summed E-state index contributed by atoms with van der Waals surface area (Å²) in [6.45, 7) is 2.60. The van der Waals surface area contributed by atoms with Gasteiger partial charge in [-0.15, -0.1) is 0 Å². The molecule has 0 unspecified atom stereocenters. The number of nitrogens with one attached hydrogen (secondary N) is 1. The molecule has 6 rings (SSSR count). The van der Waals surface area contributed by atoms with Crippen LogP contribution in [0.2, 0.25) is 0 Å². The maximum absolute atomic E-state index is 14.1. The van der Waals surface area contributed by atoms with Crippen molar-refractivity contribution in [3.05, 3.63) is 82.7 Å². The number of aromatic nitrogens is 2. The topological polar surface area (TPSA) is 58.1 Å². The van der Waals surface area contributed by atoms with Gasteiger partial charge in [-0.05, 0) is 60.8 Å². The Bertz CT molecular complexity index is 1150. The van der Waals surface area contributed by atoms with Crippen LogP contribution in [0.4, 0.5) is 8.78 Å². The minimum Gasteiger partial charge on any atom is -0.355 e. The normalized spacial score (nSPS) is 22.0. The van der Waals surface area contributed by atoms with Crippen LogP contribution in [0.5, 0.6) is 0 Å². The lowest BCUT2D eigenvalue weighted by molar-refractivity contribution is 0.0962. The first-order valence-corrected chi connectivity index (χ1v) is 10.4. The van der Waals surface area contributed by atoms with Crippen molar-refractivity contribution in [2.45, 2.75) is 24.8 Å². The summed E-state index contributed by atoms with van der Waals surface area (Å²) in [5.41, 5.74) is 4.07. The molecule has 2 aromatic carbocycles. The third kappa shape index (κ3) is 3.29. The lowest BCUT2D eigenvalue weighted by atomic mass is 9.68. The molecule has 158 valence electrons. The number of nitrogens with zero attached hydrogens (tertiary/aromatic N) is 3. The van der Waals surface area contributed by atoms with Gasteiger partial charge < -0.3 is 5.32 Å². The zero-order chi connectivity index (χ0) is 21.6.